The highest BCUT2D eigenvalue weighted by atomic mass is 79.9. The van der Waals surface area contributed by atoms with E-state index in [4.69, 9.17) is 0 Å². The summed E-state index contributed by atoms with van der Waals surface area (Å²) in [6.45, 7) is 1.75. The lowest BCUT2D eigenvalue weighted by molar-refractivity contribution is 0.0981. The summed E-state index contributed by atoms with van der Waals surface area (Å²) in [5.41, 5.74) is 3.37. The van der Waals surface area contributed by atoms with Crippen LogP contribution in [-0.2, 0) is 10.0 Å². The van der Waals surface area contributed by atoms with Gasteiger partial charge in [-0.2, -0.15) is 0 Å². The van der Waals surface area contributed by atoms with Crippen molar-refractivity contribution in [3.63, 3.8) is 0 Å². The van der Waals surface area contributed by atoms with Gasteiger partial charge in [-0.3, -0.25) is 4.79 Å². The maximum absolute atomic E-state index is 12.4. The number of benzene rings is 2. The molecule has 1 heterocycles. The zero-order valence-electron chi connectivity index (χ0n) is 11.9. The number of carbonyl (C=O) groups is 1. The fraction of sp³-hybridized carbons (Fsp3) is 0.0667. The van der Waals surface area contributed by atoms with Crippen LogP contribution in [0.5, 0.6) is 0 Å². The quantitative estimate of drug-likeness (QED) is 0.716. The monoisotopic (exact) mass is 410 g/mol. The maximum Gasteiger partial charge on any atom is 0.265 e. The highest BCUT2D eigenvalue weighted by Crippen LogP contribution is 2.22. The fourth-order valence-electron chi connectivity index (χ4n) is 2.12. The molecule has 3 aromatic rings. The van der Waals surface area contributed by atoms with E-state index in [0.29, 0.717) is 11.1 Å². The van der Waals surface area contributed by atoms with E-state index >= 15 is 0 Å². The zero-order chi connectivity index (χ0) is 16.6. The predicted octanol–water partition coefficient (Wildman–Crippen LogP) is 3.49. The number of hydrogen-bond donors (Lipinski definition) is 1. The van der Waals surface area contributed by atoms with Crippen molar-refractivity contribution < 1.29 is 13.2 Å². The number of hydrogen-bond acceptors (Lipinski definition) is 5. The summed E-state index contributed by atoms with van der Waals surface area (Å²) in [7, 11) is -3.94. The van der Waals surface area contributed by atoms with E-state index in [1.165, 1.54) is 23.5 Å². The standard InChI is InChI=1S/C15H11BrN2O3S2/c1-9-6-10(16)2-4-12(9)15(19)18-23(20,21)11-3-5-13-14(7-11)22-8-17-13/h2-8H,1H3,(H,18,19). The number of carbonyl (C=O) groups excluding carboxylic acids is 1. The highest BCUT2D eigenvalue weighted by Gasteiger charge is 2.20. The van der Waals surface area contributed by atoms with Crippen LogP contribution in [0.25, 0.3) is 10.2 Å². The summed E-state index contributed by atoms with van der Waals surface area (Å²) < 4.78 is 28.5. The second kappa shape index (κ2) is 6.03. The van der Waals surface area contributed by atoms with Crippen LogP contribution in [0.15, 0.2) is 51.3 Å². The molecule has 3 rings (SSSR count). The van der Waals surface area contributed by atoms with Crippen molar-refractivity contribution in [2.45, 2.75) is 11.8 Å². The largest absolute Gasteiger partial charge is 0.268 e. The summed E-state index contributed by atoms with van der Waals surface area (Å²) in [6, 6.07) is 9.60. The molecule has 8 heteroatoms. The summed E-state index contributed by atoms with van der Waals surface area (Å²) in [6.07, 6.45) is 0. The van der Waals surface area contributed by atoms with Crippen LogP contribution in [0.4, 0.5) is 0 Å². The second-order valence-electron chi connectivity index (χ2n) is 4.88. The molecule has 1 aromatic heterocycles. The van der Waals surface area contributed by atoms with Crippen LogP contribution in [0.3, 0.4) is 0 Å². The van der Waals surface area contributed by atoms with Gasteiger partial charge in [0.15, 0.2) is 0 Å². The first-order chi connectivity index (χ1) is 10.9. The molecule has 0 spiro atoms. The van der Waals surface area contributed by atoms with E-state index in [0.717, 1.165) is 14.7 Å². The molecule has 0 aliphatic heterocycles. The Balaban J connectivity index is 1.92. The smallest absolute Gasteiger partial charge is 0.265 e. The molecular formula is C15H11BrN2O3S2. The molecule has 5 nitrogen and oxygen atoms in total. The fourth-order valence-corrected chi connectivity index (χ4v) is 4.38. The Bertz CT molecular complexity index is 1010. The molecule has 0 radical (unpaired) electrons. The number of aromatic nitrogens is 1. The number of nitrogens with zero attached hydrogens (tertiary/aromatic N) is 1. The summed E-state index contributed by atoms with van der Waals surface area (Å²) in [5.74, 6) is -0.653. The van der Waals surface area contributed by atoms with Gasteiger partial charge < -0.3 is 0 Å². The lowest BCUT2D eigenvalue weighted by atomic mass is 10.1. The van der Waals surface area contributed by atoms with E-state index in [1.807, 2.05) is 0 Å². The number of aryl methyl sites for hydroxylation is 1. The van der Waals surface area contributed by atoms with Crippen LogP contribution in [0.2, 0.25) is 0 Å². The maximum atomic E-state index is 12.4. The third kappa shape index (κ3) is 3.29. The van der Waals surface area contributed by atoms with E-state index in [2.05, 4.69) is 25.6 Å². The molecule has 1 N–H and O–H groups in total. The van der Waals surface area contributed by atoms with Gasteiger partial charge in [-0.25, -0.2) is 18.1 Å². The topological polar surface area (TPSA) is 76.1 Å². The number of rotatable bonds is 3. The molecule has 0 saturated carbocycles. The van der Waals surface area contributed by atoms with E-state index in [9.17, 15) is 13.2 Å². The van der Waals surface area contributed by atoms with Crippen LogP contribution in [0, 0.1) is 6.92 Å². The molecule has 0 fully saturated rings. The predicted molar refractivity (Wildman–Crippen MR) is 93.2 cm³/mol. The average molecular weight is 411 g/mol. The third-order valence-corrected chi connectivity index (χ3v) is 5.89. The summed E-state index contributed by atoms with van der Waals surface area (Å²) >= 11 is 4.65. The molecule has 0 bridgehead atoms. The Labute approximate surface area is 145 Å². The molecule has 0 unspecified atom stereocenters. The first-order valence-corrected chi connectivity index (χ1v) is 9.69. The first-order valence-electron chi connectivity index (χ1n) is 6.53. The van der Waals surface area contributed by atoms with Crippen LogP contribution >= 0.6 is 27.3 Å². The summed E-state index contributed by atoms with van der Waals surface area (Å²) in [4.78, 5) is 16.4. The van der Waals surface area contributed by atoms with Gasteiger partial charge in [-0.05, 0) is 48.9 Å². The van der Waals surface area contributed by atoms with Gasteiger partial charge in [0.2, 0.25) is 0 Å². The molecule has 2 aromatic carbocycles. The molecule has 23 heavy (non-hydrogen) atoms. The van der Waals surface area contributed by atoms with Gasteiger partial charge in [0.05, 0.1) is 20.6 Å². The Hall–Kier alpha value is -1.77. The van der Waals surface area contributed by atoms with Crippen molar-refractivity contribution in [1.82, 2.24) is 9.71 Å². The lowest BCUT2D eigenvalue weighted by Gasteiger charge is -2.09. The number of nitrogens with one attached hydrogen (secondary N) is 1. The molecule has 0 aliphatic rings. The Kier molecular flexibility index (Phi) is 4.22. The van der Waals surface area contributed by atoms with Gasteiger partial charge in [0.25, 0.3) is 15.9 Å². The van der Waals surface area contributed by atoms with Crippen LogP contribution in [0.1, 0.15) is 15.9 Å². The van der Waals surface area contributed by atoms with E-state index in [1.54, 1.807) is 36.7 Å². The van der Waals surface area contributed by atoms with Crippen molar-refractivity contribution >= 4 is 53.4 Å². The summed E-state index contributed by atoms with van der Waals surface area (Å²) in [5, 5.41) is 0. The van der Waals surface area contributed by atoms with Gasteiger partial charge in [0.1, 0.15) is 0 Å². The number of amides is 1. The normalized spacial score (nSPS) is 11.6. The average Bonchev–Trinajstić information content (AvgIpc) is 2.93. The van der Waals surface area contributed by atoms with E-state index < -0.39 is 15.9 Å². The molecule has 1 amide bonds. The minimum Gasteiger partial charge on any atom is -0.268 e. The van der Waals surface area contributed by atoms with E-state index in [-0.39, 0.29) is 4.90 Å². The molecular weight excluding hydrogens is 400 g/mol. The molecule has 118 valence electrons. The van der Waals surface area contributed by atoms with Gasteiger partial charge >= 0.3 is 0 Å². The Morgan fingerprint density at radius 1 is 1.22 bits per heavy atom. The SMILES string of the molecule is Cc1cc(Br)ccc1C(=O)NS(=O)(=O)c1ccc2ncsc2c1. The third-order valence-electron chi connectivity index (χ3n) is 3.27. The van der Waals surface area contributed by atoms with Crippen molar-refractivity contribution in [2.24, 2.45) is 0 Å². The minimum absolute atomic E-state index is 0.0392. The molecule has 0 atom stereocenters. The van der Waals surface area contributed by atoms with Gasteiger partial charge in [0, 0.05) is 10.0 Å². The molecule has 0 saturated heterocycles. The van der Waals surface area contributed by atoms with Gasteiger partial charge in [-0.1, -0.05) is 15.9 Å². The highest BCUT2D eigenvalue weighted by molar-refractivity contribution is 9.10. The van der Waals surface area contributed by atoms with Crippen LogP contribution < -0.4 is 4.72 Å². The molecule has 0 aliphatic carbocycles. The van der Waals surface area contributed by atoms with Crippen molar-refractivity contribution in [3.05, 3.63) is 57.5 Å². The van der Waals surface area contributed by atoms with Crippen LogP contribution in [-0.4, -0.2) is 19.3 Å². The van der Waals surface area contributed by atoms with Crippen molar-refractivity contribution in [1.29, 1.82) is 0 Å². The zero-order valence-corrected chi connectivity index (χ0v) is 15.1. The van der Waals surface area contributed by atoms with Gasteiger partial charge in [-0.15, -0.1) is 11.3 Å². The Morgan fingerprint density at radius 2 is 2.00 bits per heavy atom. The number of fused-ring (bicyclic) bond motifs is 1. The minimum atomic E-state index is -3.94. The number of thiazole rings is 1. The van der Waals surface area contributed by atoms with Crippen molar-refractivity contribution in [2.75, 3.05) is 0 Å². The number of sulfonamides is 1. The first kappa shape index (κ1) is 16.1. The number of halogens is 1. The lowest BCUT2D eigenvalue weighted by Crippen LogP contribution is -2.31. The second-order valence-corrected chi connectivity index (χ2v) is 8.36. The van der Waals surface area contributed by atoms with Crippen molar-refractivity contribution in [3.8, 4) is 0 Å². The Morgan fingerprint density at radius 3 is 2.74 bits per heavy atom.